The third kappa shape index (κ3) is 5.70. The fourth-order valence-electron chi connectivity index (χ4n) is 1.96. The van der Waals surface area contributed by atoms with Gasteiger partial charge in [-0.25, -0.2) is 9.79 Å². The van der Waals surface area contributed by atoms with E-state index in [1.54, 1.807) is 4.90 Å². The van der Waals surface area contributed by atoms with Gasteiger partial charge in [-0.05, 0) is 12.1 Å². The Hall–Kier alpha value is -2.66. The van der Waals surface area contributed by atoms with Crippen LogP contribution in [0.3, 0.4) is 0 Å². The van der Waals surface area contributed by atoms with E-state index in [2.05, 4.69) is 19.9 Å². The van der Waals surface area contributed by atoms with Gasteiger partial charge in [0.15, 0.2) is 6.73 Å². The summed E-state index contributed by atoms with van der Waals surface area (Å²) in [5.74, 6) is 0.406. The molecule has 142 valence electrons. The molecule has 1 aromatic rings. The first-order chi connectivity index (χ1) is 12.4. The van der Waals surface area contributed by atoms with Crippen molar-refractivity contribution in [3.63, 3.8) is 0 Å². The second-order valence-electron chi connectivity index (χ2n) is 4.89. The number of hydrogen-bond acceptors (Lipinski definition) is 8. The average molecular weight is 408 g/mol. The Kier molecular flexibility index (Phi) is 6.92. The number of carbonyl (C=O) groups excluding carboxylic acids is 1. The highest BCUT2D eigenvalue weighted by molar-refractivity contribution is 6.39. The molecule has 13 heteroatoms. The third-order valence-electron chi connectivity index (χ3n) is 3.06. The number of nitrogen functional groups attached to an aromatic ring is 1. The quantitative estimate of drug-likeness (QED) is 0.227. The van der Waals surface area contributed by atoms with Crippen molar-refractivity contribution in [1.82, 2.24) is 10.2 Å². The summed E-state index contributed by atoms with van der Waals surface area (Å²) in [6, 6.07) is 3.04. The lowest BCUT2D eigenvalue weighted by Crippen LogP contribution is -2.33. The number of nitrogens with one attached hydrogen (secondary N) is 1. The number of anilines is 1. The number of hydrogen-bond donors (Lipinski definition) is 2. The molecular weight excluding hydrogens is 393 g/mol. The molecule has 26 heavy (non-hydrogen) atoms. The number of ether oxygens (including phenoxy) is 2. The maximum absolute atomic E-state index is 11.4. The van der Waals surface area contributed by atoms with Crippen LogP contribution in [-0.4, -0.2) is 55.1 Å². The number of nitrogens with zero attached hydrogens (tertiary/aromatic N) is 3. The monoisotopic (exact) mass is 407 g/mol. The van der Waals surface area contributed by atoms with Crippen LogP contribution in [0.2, 0.25) is 10.0 Å². The van der Waals surface area contributed by atoms with Crippen LogP contribution in [0.15, 0.2) is 17.1 Å². The SMILES string of the molecule is Nc1cc(Cl)c(/N=C2\NCCN2COC(=O)OCCO[N+](=O)[O-])c(Cl)c1. The van der Waals surface area contributed by atoms with Crippen LogP contribution >= 0.6 is 23.2 Å². The Morgan fingerprint density at radius 2 is 2.04 bits per heavy atom. The van der Waals surface area contributed by atoms with Crippen LogP contribution in [0.4, 0.5) is 16.2 Å². The summed E-state index contributed by atoms with van der Waals surface area (Å²) in [7, 11) is 0. The summed E-state index contributed by atoms with van der Waals surface area (Å²) in [5.41, 5.74) is 6.39. The Labute approximate surface area is 157 Å². The van der Waals surface area contributed by atoms with Crippen molar-refractivity contribution in [2.75, 3.05) is 38.8 Å². The minimum atomic E-state index is -0.994. The first kappa shape index (κ1) is 19.7. The fraction of sp³-hybridized carbons (Fsp3) is 0.385. The number of guanidine groups is 1. The molecule has 0 aromatic heterocycles. The normalized spacial score (nSPS) is 14.8. The average Bonchev–Trinajstić information content (AvgIpc) is 3.00. The van der Waals surface area contributed by atoms with Crippen molar-refractivity contribution < 1.29 is 24.2 Å². The molecule has 1 aromatic carbocycles. The molecule has 1 aliphatic rings. The molecule has 11 nitrogen and oxygen atoms in total. The first-order valence-electron chi connectivity index (χ1n) is 7.25. The van der Waals surface area contributed by atoms with Gasteiger partial charge < -0.3 is 30.3 Å². The molecule has 0 amide bonds. The van der Waals surface area contributed by atoms with E-state index in [1.807, 2.05) is 0 Å². The van der Waals surface area contributed by atoms with E-state index in [0.29, 0.717) is 30.4 Å². The Morgan fingerprint density at radius 3 is 2.69 bits per heavy atom. The molecule has 1 heterocycles. The molecule has 0 unspecified atom stereocenters. The van der Waals surface area contributed by atoms with E-state index in [-0.39, 0.29) is 30.0 Å². The second kappa shape index (κ2) is 9.15. The zero-order valence-corrected chi connectivity index (χ0v) is 14.8. The maximum Gasteiger partial charge on any atom is 0.510 e. The van der Waals surface area contributed by atoms with E-state index in [9.17, 15) is 14.9 Å². The van der Waals surface area contributed by atoms with Gasteiger partial charge in [-0.3, -0.25) is 0 Å². The minimum absolute atomic E-state index is 0.148. The van der Waals surface area contributed by atoms with E-state index in [0.717, 1.165) is 0 Å². The van der Waals surface area contributed by atoms with Gasteiger partial charge in [0.1, 0.15) is 18.9 Å². The number of nitrogens with two attached hydrogens (primary N) is 1. The highest BCUT2D eigenvalue weighted by Crippen LogP contribution is 2.35. The van der Waals surface area contributed by atoms with Gasteiger partial charge in [0.2, 0.25) is 5.96 Å². The molecule has 0 radical (unpaired) electrons. The van der Waals surface area contributed by atoms with Gasteiger partial charge in [0, 0.05) is 18.8 Å². The van der Waals surface area contributed by atoms with Crippen molar-refractivity contribution in [2.24, 2.45) is 4.99 Å². The Balaban J connectivity index is 1.90. The lowest BCUT2D eigenvalue weighted by atomic mass is 10.3. The smallest absolute Gasteiger partial charge is 0.432 e. The molecule has 0 bridgehead atoms. The summed E-state index contributed by atoms with van der Waals surface area (Å²) >= 11 is 12.2. The van der Waals surface area contributed by atoms with Crippen molar-refractivity contribution in [3.05, 3.63) is 32.3 Å². The van der Waals surface area contributed by atoms with E-state index in [4.69, 9.17) is 33.7 Å². The highest BCUT2D eigenvalue weighted by Gasteiger charge is 2.21. The zero-order chi connectivity index (χ0) is 19.1. The van der Waals surface area contributed by atoms with Crippen LogP contribution in [0.1, 0.15) is 0 Å². The van der Waals surface area contributed by atoms with Crippen LogP contribution < -0.4 is 11.1 Å². The van der Waals surface area contributed by atoms with Gasteiger partial charge in [-0.15, -0.1) is 10.1 Å². The molecule has 0 aliphatic carbocycles. The van der Waals surface area contributed by atoms with E-state index < -0.39 is 11.2 Å². The van der Waals surface area contributed by atoms with Gasteiger partial charge in [0.05, 0.1) is 10.0 Å². The Bertz CT molecular complexity index is 693. The van der Waals surface area contributed by atoms with Crippen LogP contribution in [0.25, 0.3) is 0 Å². The van der Waals surface area contributed by atoms with Gasteiger partial charge in [-0.2, -0.15) is 0 Å². The molecule has 0 spiro atoms. The van der Waals surface area contributed by atoms with Crippen LogP contribution in [0.5, 0.6) is 0 Å². The predicted molar refractivity (Wildman–Crippen MR) is 92.9 cm³/mol. The van der Waals surface area contributed by atoms with E-state index in [1.165, 1.54) is 12.1 Å². The van der Waals surface area contributed by atoms with Crippen LogP contribution in [-0.2, 0) is 14.3 Å². The number of benzene rings is 1. The largest absolute Gasteiger partial charge is 0.510 e. The van der Waals surface area contributed by atoms with Crippen molar-refractivity contribution >= 4 is 46.7 Å². The molecule has 1 aliphatic heterocycles. The van der Waals surface area contributed by atoms with Gasteiger partial charge in [-0.1, -0.05) is 23.2 Å². The molecule has 0 saturated carbocycles. The van der Waals surface area contributed by atoms with Crippen molar-refractivity contribution in [3.8, 4) is 0 Å². The lowest BCUT2D eigenvalue weighted by Gasteiger charge is -2.17. The summed E-state index contributed by atoms with van der Waals surface area (Å²) < 4.78 is 9.54. The first-order valence-corrected chi connectivity index (χ1v) is 8.01. The van der Waals surface area contributed by atoms with Crippen LogP contribution in [0, 0.1) is 10.1 Å². The lowest BCUT2D eigenvalue weighted by molar-refractivity contribution is -0.757. The summed E-state index contributed by atoms with van der Waals surface area (Å²) in [6.07, 6.45) is -0.994. The molecule has 0 atom stereocenters. The van der Waals surface area contributed by atoms with Gasteiger partial charge in [0.25, 0.3) is 5.09 Å². The summed E-state index contributed by atoms with van der Waals surface area (Å²) in [4.78, 5) is 31.4. The number of rotatable bonds is 7. The number of aliphatic imine (C=N–C) groups is 1. The topological polar surface area (TPSA) is 142 Å². The molecule has 2 rings (SSSR count). The van der Waals surface area contributed by atoms with Gasteiger partial charge >= 0.3 is 6.16 Å². The maximum atomic E-state index is 11.4. The third-order valence-corrected chi connectivity index (χ3v) is 3.64. The highest BCUT2D eigenvalue weighted by atomic mass is 35.5. The second-order valence-corrected chi connectivity index (χ2v) is 5.70. The Morgan fingerprint density at radius 1 is 1.35 bits per heavy atom. The van der Waals surface area contributed by atoms with Crippen molar-refractivity contribution in [1.29, 1.82) is 0 Å². The number of halogens is 2. The number of carbonyl (C=O) groups is 1. The molecule has 1 fully saturated rings. The molecular formula is C13H15Cl2N5O6. The molecule has 1 saturated heterocycles. The van der Waals surface area contributed by atoms with E-state index >= 15 is 0 Å². The standard InChI is InChI=1S/C13H15Cl2N5O6/c14-9-5-8(16)6-10(15)11(9)18-12-17-1-2-19(12)7-25-13(21)24-3-4-26-20(22)23/h5-6H,1-4,7,16H2,(H,17,18). The molecule has 3 N–H and O–H groups in total. The summed E-state index contributed by atoms with van der Waals surface area (Å²) in [5, 5.41) is 12.5. The predicted octanol–water partition coefficient (Wildman–Crippen LogP) is 1.79. The van der Waals surface area contributed by atoms with Crippen molar-refractivity contribution in [2.45, 2.75) is 0 Å². The fourth-order valence-corrected chi connectivity index (χ4v) is 2.55. The summed E-state index contributed by atoms with van der Waals surface area (Å²) in [6.45, 7) is 0.244. The minimum Gasteiger partial charge on any atom is -0.432 e. The zero-order valence-electron chi connectivity index (χ0n) is 13.3.